The third kappa shape index (κ3) is 9.05. The van der Waals surface area contributed by atoms with Crippen LogP contribution in [0.5, 0.6) is 0 Å². The Morgan fingerprint density at radius 1 is 1.14 bits per heavy atom. The fourth-order valence-corrected chi connectivity index (χ4v) is 1.74. The third-order valence-electron chi connectivity index (χ3n) is 2.93. The second-order valence-corrected chi connectivity index (χ2v) is 4.65. The standard InChI is InChI=1S/C15H22N2O3.ClH/c1-17(11-6-9-15(19)20-2)12-10-14(18)16-13-7-4-3-5-8-13;/h3-5,7-8H,6,9-12H2,1-2H3,(H,16,18);1H. The van der Waals surface area contributed by atoms with E-state index in [1.54, 1.807) is 0 Å². The second-order valence-electron chi connectivity index (χ2n) is 4.65. The molecular weight excluding hydrogens is 292 g/mol. The summed E-state index contributed by atoms with van der Waals surface area (Å²) in [7, 11) is 3.33. The van der Waals surface area contributed by atoms with E-state index in [1.165, 1.54) is 7.11 Å². The molecule has 21 heavy (non-hydrogen) atoms. The Kier molecular flexibility index (Phi) is 10.3. The molecule has 1 aromatic carbocycles. The number of para-hydroxylation sites is 1. The largest absolute Gasteiger partial charge is 0.469 e. The molecule has 0 radical (unpaired) electrons. The van der Waals surface area contributed by atoms with Crippen molar-refractivity contribution in [3.05, 3.63) is 30.3 Å². The van der Waals surface area contributed by atoms with Gasteiger partial charge in [0.05, 0.1) is 7.11 Å². The first-order valence-corrected chi connectivity index (χ1v) is 6.72. The highest BCUT2D eigenvalue weighted by Gasteiger charge is 2.06. The zero-order valence-electron chi connectivity index (χ0n) is 12.5. The molecule has 1 N–H and O–H groups in total. The van der Waals surface area contributed by atoms with Gasteiger partial charge in [-0.3, -0.25) is 9.59 Å². The molecule has 0 unspecified atom stereocenters. The van der Waals surface area contributed by atoms with Gasteiger partial charge in [-0.05, 0) is 32.1 Å². The van der Waals surface area contributed by atoms with Crippen LogP contribution in [0.2, 0.25) is 0 Å². The maximum absolute atomic E-state index is 11.7. The lowest BCUT2D eigenvalue weighted by Crippen LogP contribution is -2.25. The highest BCUT2D eigenvalue weighted by Crippen LogP contribution is 2.05. The van der Waals surface area contributed by atoms with E-state index >= 15 is 0 Å². The molecule has 0 bridgehead atoms. The molecule has 6 heteroatoms. The first kappa shape index (κ1) is 19.4. The summed E-state index contributed by atoms with van der Waals surface area (Å²) in [6.07, 6.45) is 1.59. The summed E-state index contributed by atoms with van der Waals surface area (Å²) in [5.74, 6) is -0.198. The minimum Gasteiger partial charge on any atom is -0.469 e. The van der Waals surface area contributed by atoms with Crippen molar-refractivity contribution in [2.45, 2.75) is 19.3 Å². The Morgan fingerprint density at radius 3 is 2.43 bits per heavy atom. The van der Waals surface area contributed by atoms with Crippen LogP contribution in [0.4, 0.5) is 5.69 Å². The maximum Gasteiger partial charge on any atom is 0.305 e. The highest BCUT2D eigenvalue weighted by molar-refractivity contribution is 5.90. The van der Waals surface area contributed by atoms with Crippen molar-refractivity contribution < 1.29 is 14.3 Å². The molecule has 0 atom stereocenters. The van der Waals surface area contributed by atoms with Crippen molar-refractivity contribution in [2.24, 2.45) is 0 Å². The van der Waals surface area contributed by atoms with E-state index in [2.05, 4.69) is 10.1 Å². The number of hydrogen-bond donors (Lipinski definition) is 1. The first-order valence-electron chi connectivity index (χ1n) is 6.72. The van der Waals surface area contributed by atoms with E-state index in [0.29, 0.717) is 19.4 Å². The molecule has 1 amide bonds. The lowest BCUT2D eigenvalue weighted by Gasteiger charge is -2.15. The second kappa shape index (κ2) is 11.1. The number of rotatable bonds is 8. The number of esters is 1. The van der Waals surface area contributed by atoms with Crippen LogP contribution < -0.4 is 5.32 Å². The molecule has 1 aromatic rings. The van der Waals surface area contributed by atoms with Gasteiger partial charge in [-0.1, -0.05) is 18.2 Å². The molecule has 118 valence electrons. The monoisotopic (exact) mass is 314 g/mol. The molecule has 0 saturated heterocycles. The van der Waals surface area contributed by atoms with Gasteiger partial charge in [-0.15, -0.1) is 12.4 Å². The number of anilines is 1. The zero-order chi connectivity index (χ0) is 14.8. The number of carbonyl (C=O) groups is 2. The van der Waals surface area contributed by atoms with Crippen LogP contribution in [-0.4, -0.2) is 44.0 Å². The number of benzene rings is 1. The van der Waals surface area contributed by atoms with E-state index < -0.39 is 0 Å². The summed E-state index contributed by atoms with van der Waals surface area (Å²) in [6, 6.07) is 9.39. The van der Waals surface area contributed by atoms with E-state index in [0.717, 1.165) is 18.7 Å². The van der Waals surface area contributed by atoms with E-state index in [1.807, 2.05) is 42.3 Å². The predicted molar refractivity (Wildman–Crippen MR) is 85.7 cm³/mol. The van der Waals surface area contributed by atoms with Gasteiger partial charge in [0.1, 0.15) is 0 Å². The van der Waals surface area contributed by atoms with Crippen LogP contribution in [0.1, 0.15) is 19.3 Å². The Labute approximate surface area is 132 Å². The number of halogens is 1. The van der Waals surface area contributed by atoms with Crippen LogP contribution in [-0.2, 0) is 14.3 Å². The molecule has 0 heterocycles. The van der Waals surface area contributed by atoms with Crippen molar-refractivity contribution in [3.8, 4) is 0 Å². The Balaban J connectivity index is 0.00000400. The number of nitrogens with one attached hydrogen (secondary N) is 1. The van der Waals surface area contributed by atoms with Gasteiger partial charge < -0.3 is 15.0 Å². The zero-order valence-corrected chi connectivity index (χ0v) is 13.3. The Hall–Kier alpha value is -1.59. The minimum atomic E-state index is -0.194. The first-order chi connectivity index (χ1) is 9.61. The average Bonchev–Trinajstić information content (AvgIpc) is 2.46. The quantitative estimate of drug-likeness (QED) is 0.748. The van der Waals surface area contributed by atoms with Gasteiger partial charge in [-0.2, -0.15) is 0 Å². The maximum atomic E-state index is 11.7. The minimum absolute atomic E-state index is 0. The summed E-state index contributed by atoms with van der Waals surface area (Å²) >= 11 is 0. The molecular formula is C15H23ClN2O3. The molecule has 0 aliphatic carbocycles. The predicted octanol–water partition coefficient (Wildman–Crippen LogP) is 2.32. The average molecular weight is 315 g/mol. The molecule has 0 aromatic heterocycles. The molecule has 0 fully saturated rings. The molecule has 1 rings (SSSR count). The van der Waals surface area contributed by atoms with Crippen molar-refractivity contribution in [1.29, 1.82) is 0 Å². The van der Waals surface area contributed by atoms with Crippen molar-refractivity contribution in [1.82, 2.24) is 4.90 Å². The number of hydrogen-bond acceptors (Lipinski definition) is 4. The molecule has 5 nitrogen and oxygen atoms in total. The molecule has 0 aliphatic heterocycles. The Bertz CT molecular complexity index is 426. The lowest BCUT2D eigenvalue weighted by molar-refractivity contribution is -0.140. The van der Waals surface area contributed by atoms with Gasteiger partial charge >= 0.3 is 5.97 Å². The van der Waals surface area contributed by atoms with Crippen LogP contribution in [0.15, 0.2) is 30.3 Å². The topological polar surface area (TPSA) is 58.6 Å². The van der Waals surface area contributed by atoms with Crippen LogP contribution in [0, 0.1) is 0 Å². The van der Waals surface area contributed by atoms with Gasteiger partial charge in [0.15, 0.2) is 0 Å². The normalized spacial score (nSPS) is 9.86. The van der Waals surface area contributed by atoms with Crippen molar-refractivity contribution >= 4 is 30.0 Å². The van der Waals surface area contributed by atoms with Crippen molar-refractivity contribution in [3.63, 3.8) is 0 Å². The van der Waals surface area contributed by atoms with E-state index in [4.69, 9.17) is 0 Å². The molecule has 0 spiro atoms. The number of ether oxygens (including phenoxy) is 1. The summed E-state index contributed by atoms with van der Waals surface area (Å²) in [4.78, 5) is 24.7. The number of carbonyl (C=O) groups excluding carboxylic acids is 2. The SMILES string of the molecule is COC(=O)CCCN(C)CCC(=O)Nc1ccccc1.Cl. The molecule has 0 saturated carbocycles. The summed E-state index contributed by atoms with van der Waals surface area (Å²) in [5, 5.41) is 2.84. The fourth-order valence-electron chi connectivity index (χ4n) is 1.74. The van der Waals surface area contributed by atoms with Gasteiger partial charge in [0.25, 0.3) is 0 Å². The van der Waals surface area contributed by atoms with Crippen LogP contribution >= 0.6 is 12.4 Å². The fraction of sp³-hybridized carbons (Fsp3) is 0.467. The van der Waals surface area contributed by atoms with Gasteiger partial charge in [-0.25, -0.2) is 0 Å². The van der Waals surface area contributed by atoms with E-state index in [9.17, 15) is 9.59 Å². The lowest BCUT2D eigenvalue weighted by atomic mass is 10.2. The van der Waals surface area contributed by atoms with Crippen LogP contribution in [0.3, 0.4) is 0 Å². The van der Waals surface area contributed by atoms with Gasteiger partial charge in [0, 0.05) is 25.1 Å². The number of nitrogens with zero attached hydrogens (tertiary/aromatic N) is 1. The summed E-state index contributed by atoms with van der Waals surface area (Å²) in [6.45, 7) is 1.44. The van der Waals surface area contributed by atoms with Crippen molar-refractivity contribution in [2.75, 3.05) is 32.6 Å². The third-order valence-corrected chi connectivity index (χ3v) is 2.93. The summed E-state index contributed by atoms with van der Waals surface area (Å²) < 4.78 is 4.58. The smallest absolute Gasteiger partial charge is 0.305 e. The summed E-state index contributed by atoms with van der Waals surface area (Å²) in [5.41, 5.74) is 0.811. The van der Waals surface area contributed by atoms with Gasteiger partial charge in [0.2, 0.25) is 5.91 Å². The Morgan fingerprint density at radius 2 is 1.81 bits per heavy atom. The number of amides is 1. The highest BCUT2D eigenvalue weighted by atomic mass is 35.5. The number of methoxy groups -OCH3 is 1. The van der Waals surface area contributed by atoms with Crippen LogP contribution in [0.25, 0.3) is 0 Å². The molecule has 0 aliphatic rings. The van der Waals surface area contributed by atoms with E-state index in [-0.39, 0.29) is 24.3 Å².